The van der Waals surface area contributed by atoms with Gasteiger partial charge in [-0.3, -0.25) is 0 Å². The molecule has 2 aromatic rings. The first-order valence-corrected chi connectivity index (χ1v) is 9.91. The highest BCUT2D eigenvalue weighted by atomic mass is 32.2. The number of hydrogen-bond acceptors (Lipinski definition) is 4. The molecule has 0 aromatic heterocycles. The van der Waals surface area contributed by atoms with Crippen molar-refractivity contribution in [1.82, 2.24) is 4.72 Å². The van der Waals surface area contributed by atoms with Crippen molar-refractivity contribution in [3.8, 4) is 16.9 Å². The molecule has 6 heteroatoms. The van der Waals surface area contributed by atoms with Gasteiger partial charge in [0.1, 0.15) is 11.9 Å². The van der Waals surface area contributed by atoms with Crippen molar-refractivity contribution in [1.29, 1.82) is 0 Å². The van der Waals surface area contributed by atoms with E-state index >= 15 is 0 Å². The minimum absolute atomic E-state index is 0.239. The topological polar surface area (TPSA) is 81.4 Å². The van der Waals surface area contributed by atoms with Crippen molar-refractivity contribution in [3.63, 3.8) is 0 Å². The Labute approximate surface area is 150 Å². The normalized spacial score (nSPS) is 13.0. The fourth-order valence-corrected chi connectivity index (χ4v) is 3.03. The third kappa shape index (κ3) is 5.56. The van der Waals surface area contributed by atoms with Crippen LogP contribution >= 0.6 is 0 Å². The highest BCUT2D eigenvalue weighted by molar-refractivity contribution is 7.90. The zero-order valence-electron chi connectivity index (χ0n) is 14.9. The van der Waals surface area contributed by atoms with Gasteiger partial charge in [-0.1, -0.05) is 36.4 Å². The summed E-state index contributed by atoms with van der Waals surface area (Å²) in [6.07, 6.45) is -0.261. The summed E-state index contributed by atoms with van der Waals surface area (Å²) < 4.78 is 31.9. The quantitative estimate of drug-likeness (QED) is 0.756. The number of hydrogen-bond donors (Lipinski definition) is 2. The Balaban J connectivity index is 1.95. The molecule has 0 radical (unpaired) electrons. The fourth-order valence-electron chi connectivity index (χ4n) is 2.23. The molecule has 0 saturated carbocycles. The molecule has 0 aliphatic carbocycles. The Kier molecular flexibility index (Phi) is 6.58. The number of nitrogens with two attached hydrogens (primary N) is 1. The van der Waals surface area contributed by atoms with Crippen LogP contribution in [-0.4, -0.2) is 26.3 Å². The van der Waals surface area contributed by atoms with Crippen LogP contribution in [-0.2, 0) is 16.6 Å². The van der Waals surface area contributed by atoms with Crippen LogP contribution in [0.1, 0.15) is 26.3 Å². The minimum atomic E-state index is -3.27. The van der Waals surface area contributed by atoms with E-state index in [0.29, 0.717) is 12.3 Å². The minimum Gasteiger partial charge on any atom is -0.489 e. The zero-order valence-corrected chi connectivity index (χ0v) is 15.7. The number of nitrogens with one attached hydrogen (secondary N) is 1. The van der Waals surface area contributed by atoms with Crippen LogP contribution in [0.3, 0.4) is 0 Å². The maximum absolute atomic E-state index is 11.8. The molecule has 1 atom stereocenters. The average molecular weight is 362 g/mol. The summed E-state index contributed by atoms with van der Waals surface area (Å²) >= 11 is 0. The van der Waals surface area contributed by atoms with Crippen LogP contribution in [0.4, 0.5) is 0 Å². The molecular weight excluding hydrogens is 336 g/mol. The highest BCUT2D eigenvalue weighted by Gasteiger charge is 2.16. The van der Waals surface area contributed by atoms with E-state index in [0.717, 1.165) is 16.7 Å². The molecule has 0 spiro atoms. The molecule has 1 unspecified atom stereocenters. The van der Waals surface area contributed by atoms with Crippen LogP contribution in [0.25, 0.3) is 11.1 Å². The Morgan fingerprint density at radius 2 is 1.48 bits per heavy atom. The van der Waals surface area contributed by atoms with Crippen molar-refractivity contribution < 1.29 is 13.2 Å². The molecule has 0 saturated heterocycles. The van der Waals surface area contributed by atoms with Crippen LogP contribution in [0.15, 0.2) is 48.5 Å². The Bertz CT molecular complexity index is 769. The van der Waals surface area contributed by atoms with E-state index in [2.05, 4.69) is 4.72 Å². The lowest BCUT2D eigenvalue weighted by Gasteiger charge is -2.17. The third-order valence-electron chi connectivity index (χ3n) is 3.91. The Morgan fingerprint density at radius 3 is 1.96 bits per heavy atom. The van der Waals surface area contributed by atoms with Crippen molar-refractivity contribution >= 4 is 10.0 Å². The van der Waals surface area contributed by atoms with Gasteiger partial charge in [0.2, 0.25) is 10.0 Å². The maximum atomic E-state index is 11.8. The standard InChI is InChI=1S/C19H26N2O3S/c1-14(2)25(22,23)21-13-15(3)24-19-10-8-18(9-11-19)17-6-4-16(12-20)5-7-17/h4-11,14-15,21H,12-13,20H2,1-3H3. The first-order valence-electron chi connectivity index (χ1n) is 8.36. The van der Waals surface area contributed by atoms with Crippen molar-refractivity contribution in [2.75, 3.05) is 6.54 Å². The van der Waals surface area contributed by atoms with Crippen LogP contribution < -0.4 is 15.2 Å². The summed E-state index contributed by atoms with van der Waals surface area (Å²) in [4.78, 5) is 0. The van der Waals surface area contributed by atoms with Gasteiger partial charge in [-0.15, -0.1) is 0 Å². The van der Waals surface area contributed by atoms with E-state index in [4.69, 9.17) is 10.5 Å². The second-order valence-corrected chi connectivity index (χ2v) is 8.62. The summed E-state index contributed by atoms with van der Waals surface area (Å²) in [5.74, 6) is 0.707. The fraction of sp³-hybridized carbons (Fsp3) is 0.368. The molecule has 0 fully saturated rings. The predicted molar refractivity (Wildman–Crippen MR) is 102 cm³/mol. The summed E-state index contributed by atoms with van der Waals surface area (Å²) in [7, 11) is -3.27. The first-order chi connectivity index (χ1) is 11.8. The lowest BCUT2D eigenvalue weighted by atomic mass is 10.0. The maximum Gasteiger partial charge on any atom is 0.214 e. The van der Waals surface area contributed by atoms with Gasteiger partial charge in [-0.2, -0.15) is 0 Å². The Hall–Kier alpha value is -1.89. The van der Waals surface area contributed by atoms with Gasteiger partial charge >= 0.3 is 0 Å². The molecule has 0 aliphatic heterocycles. The molecule has 3 N–H and O–H groups in total. The lowest BCUT2D eigenvalue weighted by molar-refractivity contribution is 0.225. The summed E-state index contributed by atoms with van der Waals surface area (Å²) in [6, 6.07) is 15.9. The van der Waals surface area contributed by atoms with Crippen molar-refractivity contribution in [3.05, 3.63) is 54.1 Å². The second-order valence-electron chi connectivity index (χ2n) is 6.30. The highest BCUT2D eigenvalue weighted by Crippen LogP contribution is 2.23. The summed E-state index contributed by atoms with van der Waals surface area (Å²) in [6.45, 7) is 5.90. The van der Waals surface area contributed by atoms with Gasteiger partial charge in [0.05, 0.1) is 5.25 Å². The van der Waals surface area contributed by atoms with Gasteiger partial charge in [-0.05, 0) is 49.6 Å². The van der Waals surface area contributed by atoms with E-state index in [1.54, 1.807) is 13.8 Å². The zero-order chi connectivity index (χ0) is 18.4. The molecule has 136 valence electrons. The van der Waals surface area contributed by atoms with Gasteiger partial charge < -0.3 is 10.5 Å². The SMILES string of the molecule is CC(CNS(=O)(=O)C(C)C)Oc1ccc(-c2ccc(CN)cc2)cc1. The number of rotatable bonds is 8. The molecule has 2 aromatic carbocycles. The third-order valence-corrected chi connectivity index (χ3v) is 5.72. The predicted octanol–water partition coefficient (Wildman–Crippen LogP) is 2.91. The second kappa shape index (κ2) is 8.47. The lowest BCUT2D eigenvalue weighted by Crippen LogP contribution is -2.37. The van der Waals surface area contributed by atoms with Crippen LogP contribution in [0.5, 0.6) is 5.75 Å². The molecule has 0 bridgehead atoms. The van der Waals surface area contributed by atoms with E-state index in [1.807, 2.05) is 55.5 Å². The largest absolute Gasteiger partial charge is 0.489 e. The summed E-state index contributed by atoms with van der Waals surface area (Å²) in [5.41, 5.74) is 8.91. The Morgan fingerprint density at radius 1 is 0.960 bits per heavy atom. The van der Waals surface area contributed by atoms with E-state index in [1.165, 1.54) is 0 Å². The molecular formula is C19H26N2O3S. The van der Waals surface area contributed by atoms with Gasteiger partial charge in [0.15, 0.2) is 0 Å². The number of ether oxygens (including phenoxy) is 1. The molecule has 5 nitrogen and oxygen atoms in total. The van der Waals surface area contributed by atoms with Crippen LogP contribution in [0.2, 0.25) is 0 Å². The van der Waals surface area contributed by atoms with E-state index in [9.17, 15) is 8.42 Å². The first kappa shape index (κ1) is 19.4. The average Bonchev–Trinajstić information content (AvgIpc) is 2.61. The molecule has 25 heavy (non-hydrogen) atoms. The molecule has 2 rings (SSSR count). The van der Waals surface area contributed by atoms with Crippen molar-refractivity contribution in [2.45, 2.75) is 38.7 Å². The number of benzene rings is 2. The molecule has 0 aliphatic rings. The van der Waals surface area contributed by atoms with E-state index < -0.39 is 15.3 Å². The van der Waals surface area contributed by atoms with E-state index in [-0.39, 0.29) is 12.6 Å². The smallest absolute Gasteiger partial charge is 0.214 e. The number of sulfonamides is 1. The van der Waals surface area contributed by atoms with Gasteiger partial charge in [-0.25, -0.2) is 13.1 Å². The molecule has 0 heterocycles. The molecule has 0 amide bonds. The van der Waals surface area contributed by atoms with Gasteiger partial charge in [0, 0.05) is 13.1 Å². The van der Waals surface area contributed by atoms with Gasteiger partial charge in [0.25, 0.3) is 0 Å². The monoisotopic (exact) mass is 362 g/mol. The van der Waals surface area contributed by atoms with Crippen LogP contribution in [0, 0.1) is 0 Å². The summed E-state index contributed by atoms with van der Waals surface area (Å²) in [5, 5.41) is -0.454. The van der Waals surface area contributed by atoms with Crippen molar-refractivity contribution in [2.24, 2.45) is 5.73 Å².